The van der Waals surface area contributed by atoms with Crippen LogP contribution in [0.15, 0.2) is 0 Å². The monoisotopic (exact) mass is 260 g/mol. The molecule has 0 fully saturated rings. The molecular formula is C11H20N2O5. The van der Waals surface area contributed by atoms with Gasteiger partial charge in [0.05, 0.1) is 0 Å². The van der Waals surface area contributed by atoms with Crippen LogP contribution in [0.1, 0.15) is 34.1 Å². The van der Waals surface area contributed by atoms with Crippen LogP contribution in [0.4, 0.5) is 4.79 Å². The quantitative estimate of drug-likeness (QED) is 0.667. The number of amides is 2. The normalized spacial score (nSPS) is 12.4. The highest BCUT2D eigenvalue weighted by atomic mass is 16.6. The Morgan fingerprint density at radius 2 is 1.83 bits per heavy atom. The second-order valence-electron chi connectivity index (χ2n) is 4.81. The number of nitrogens with one attached hydrogen (secondary N) is 2. The number of carboxylic acid groups (broad SMARTS) is 1. The summed E-state index contributed by atoms with van der Waals surface area (Å²) in [7, 11) is 0. The Labute approximate surface area is 106 Å². The first kappa shape index (κ1) is 16.2. The first-order valence-electron chi connectivity index (χ1n) is 5.58. The van der Waals surface area contributed by atoms with Crippen molar-refractivity contribution >= 4 is 18.0 Å². The molecule has 7 heteroatoms. The largest absolute Gasteiger partial charge is 0.480 e. The molecule has 0 aromatic rings. The van der Waals surface area contributed by atoms with Crippen molar-refractivity contribution in [3.8, 4) is 0 Å². The predicted octanol–water partition coefficient (Wildman–Crippen LogP) is 0.491. The molecular weight excluding hydrogens is 240 g/mol. The average Bonchev–Trinajstić information content (AvgIpc) is 2.12. The van der Waals surface area contributed by atoms with E-state index >= 15 is 0 Å². The minimum atomic E-state index is -1.14. The van der Waals surface area contributed by atoms with Crippen molar-refractivity contribution in [1.29, 1.82) is 0 Å². The van der Waals surface area contributed by atoms with E-state index in [2.05, 4.69) is 10.6 Å². The summed E-state index contributed by atoms with van der Waals surface area (Å²) >= 11 is 0. The van der Waals surface area contributed by atoms with E-state index in [4.69, 9.17) is 9.84 Å². The highest BCUT2D eigenvalue weighted by molar-refractivity contribution is 5.82. The molecule has 3 N–H and O–H groups in total. The number of aliphatic carboxylic acids is 1. The Kier molecular flexibility index (Phi) is 6.15. The van der Waals surface area contributed by atoms with Gasteiger partial charge in [0.25, 0.3) is 0 Å². The third-order valence-corrected chi connectivity index (χ3v) is 1.78. The number of hydrogen-bond donors (Lipinski definition) is 3. The van der Waals surface area contributed by atoms with Gasteiger partial charge in [-0.1, -0.05) is 0 Å². The van der Waals surface area contributed by atoms with Gasteiger partial charge < -0.3 is 20.5 Å². The van der Waals surface area contributed by atoms with E-state index < -0.39 is 29.6 Å². The molecule has 0 rings (SSSR count). The van der Waals surface area contributed by atoms with E-state index in [0.29, 0.717) is 0 Å². The van der Waals surface area contributed by atoms with Crippen molar-refractivity contribution in [2.75, 3.05) is 6.54 Å². The van der Waals surface area contributed by atoms with Gasteiger partial charge in [-0.25, -0.2) is 9.59 Å². The maximum Gasteiger partial charge on any atom is 0.407 e. The van der Waals surface area contributed by atoms with E-state index in [1.54, 1.807) is 20.8 Å². The molecule has 1 atom stereocenters. The van der Waals surface area contributed by atoms with Crippen molar-refractivity contribution in [3.63, 3.8) is 0 Å². The second kappa shape index (κ2) is 6.83. The van der Waals surface area contributed by atoms with Crippen molar-refractivity contribution in [2.24, 2.45) is 0 Å². The summed E-state index contributed by atoms with van der Waals surface area (Å²) in [6, 6.07) is -1.02. The number of alkyl carbamates (subject to hydrolysis) is 1. The molecule has 0 aliphatic carbocycles. The van der Waals surface area contributed by atoms with E-state index in [-0.39, 0.29) is 13.0 Å². The van der Waals surface area contributed by atoms with E-state index in [1.165, 1.54) is 6.92 Å². The van der Waals surface area contributed by atoms with Crippen LogP contribution in [0.2, 0.25) is 0 Å². The lowest BCUT2D eigenvalue weighted by molar-refractivity contribution is -0.141. The van der Waals surface area contributed by atoms with Gasteiger partial charge in [0, 0.05) is 13.5 Å². The van der Waals surface area contributed by atoms with Gasteiger partial charge in [-0.15, -0.1) is 0 Å². The van der Waals surface area contributed by atoms with Gasteiger partial charge in [-0.3, -0.25) is 4.79 Å². The first-order chi connectivity index (χ1) is 8.11. The standard InChI is InChI=1S/C11H20N2O5/c1-7(14)13-8(9(15)16)5-6-12-10(17)18-11(2,3)4/h8H,5-6H2,1-4H3,(H,12,17)(H,13,14)(H,15,16)/t8-/m1/s1. The SMILES string of the molecule is CC(=O)N[C@H](CCNC(=O)OC(C)(C)C)C(=O)O. The van der Waals surface area contributed by atoms with Crippen LogP contribution in [0.25, 0.3) is 0 Å². The highest BCUT2D eigenvalue weighted by Crippen LogP contribution is 2.06. The third kappa shape index (κ3) is 8.37. The minimum Gasteiger partial charge on any atom is -0.480 e. The Morgan fingerprint density at radius 3 is 2.22 bits per heavy atom. The molecule has 0 bridgehead atoms. The maximum absolute atomic E-state index is 11.3. The van der Waals surface area contributed by atoms with Crippen molar-refractivity contribution in [3.05, 3.63) is 0 Å². The fraction of sp³-hybridized carbons (Fsp3) is 0.727. The van der Waals surface area contributed by atoms with Crippen LogP contribution >= 0.6 is 0 Å². The number of rotatable bonds is 5. The summed E-state index contributed by atoms with van der Waals surface area (Å²) in [5.41, 5.74) is -0.603. The Morgan fingerprint density at radius 1 is 1.28 bits per heavy atom. The van der Waals surface area contributed by atoms with Crippen LogP contribution in [0.3, 0.4) is 0 Å². The van der Waals surface area contributed by atoms with Gasteiger partial charge in [0.1, 0.15) is 11.6 Å². The molecule has 18 heavy (non-hydrogen) atoms. The van der Waals surface area contributed by atoms with Gasteiger partial charge >= 0.3 is 12.1 Å². The molecule has 0 heterocycles. The summed E-state index contributed by atoms with van der Waals surface area (Å²) in [6.45, 7) is 6.52. The molecule has 104 valence electrons. The van der Waals surface area contributed by atoms with Gasteiger partial charge in [-0.05, 0) is 27.2 Å². The zero-order chi connectivity index (χ0) is 14.3. The lowest BCUT2D eigenvalue weighted by atomic mass is 10.2. The first-order valence-corrected chi connectivity index (χ1v) is 5.58. The number of carboxylic acids is 1. The molecule has 0 aliphatic heterocycles. The number of carbonyl (C=O) groups is 3. The van der Waals surface area contributed by atoms with Crippen LogP contribution in [0, 0.1) is 0 Å². The van der Waals surface area contributed by atoms with Crippen molar-refractivity contribution < 1.29 is 24.2 Å². The predicted molar refractivity (Wildman–Crippen MR) is 64.1 cm³/mol. The molecule has 0 aliphatic rings. The van der Waals surface area contributed by atoms with E-state index in [9.17, 15) is 14.4 Å². The van der Waals surface area contributed by atoms with Crippen molar-refractivity contribution in [1.82, 2.24) is 10.6 Å². The molecule has 0 saturated carbocycles. The molecule has 0 unspecified atom stereocenters. The molecule has 0 radical (unpaired) electrons. The fourth-order valence-electron chi connectivity index (χ4n) is 1.14. The van der Waals surface area contributed by atoms with Gasteiger partial charge in [0.2, 0.25) is 5.91 Å². The van der Waals surface area contributed by atoms with Crippen LogP contribution in [-0.2, 0) is 14.3 Å². The average molecular weight is 260 g/mol. The molecule has 7 nitrogen and oxygen atoms in total. The lowest BCUT2D eigenvalue weighted by Crippen LogP contribution is -2.42. The molecule has 0 aromatic carbocycles. The van der Waals surface area contributed by atoms with E-state index in [1.807, 2.05) is 0 Å². The molecule has 0 aromatic heterocycles. The fourth-order valence-corrected chi connectivity index (χ4v) is 1.14. The number of carbonyl (C=O) groups excluding carboxylic acids is 2. The smallest absolute Gasteiger partial charge is 0.407 e. The topological polar surface area (TPSA) is 105 Å². The second-order valence-corrected chi connectivity index (χ2v) is 4.81. The molecule has 0 saturated heterocycles. The number of hydrogen-bond acceptors (Lipinski definition) is 4. The van der Waals surface area contributed by atoms with Crippen LogP contribution in [0.5, 0.6) is 0 Å². The summed E-state index contributed by atoms with van der Waals surface area (Å²) < 4.78 is 4.98. The summed E-state index contributed by atoms with van der Waals surface area (Å²) in [5.74, 6) is -1.57. The highest BCUT2D eigenvalue weighted by Gasteiger charge is 2.19. The van der Waals surface area contributed by atoms with Crippen LogP contribution in [-0.4, -0.2) is 41.3 Å². The Bertz CT molecular complexity index is 322. The Hall–Kier alpha value is -1.79. The van der Waals surface area contributed by atoms with Crippen LogP contribution < -0.4 is 10.6 Å². The van der Waals surface area contributed by atoms with E-state index in [0.717, 1.165) is 0 Å². The van der Waals surface area contributed by atoms with Gasteiger partial charge in [-0.2, -0.15) is 0 Å². The lowest BCUT2D eigenvalue weighted by Gasteiger charge is -2.20. The van der Waals surface area contributed by atoms with Gasteiger partial charge in [0.15, 0.2) is 0 Å². The summed E-state index contributed by atoms with van der Waals surface area (Å²) in [6.07, 6.45) is -0.525. The third-order valence-electron chi connectivity index (χ3n) is 1.78. The summed E-state index contributed by atoms with van der Waals surface area (Å²) in [4.78, 5) is 32.8. The maximum atomic E-state index is 11.3. The number of ether oxygens (including phenoxy) is 1. The molecule has 2 amide bonds. The summed E-state index contributed by atoms with van der Waals surface area (Å²) in [5, 5.41) is 13.5. The minimum absolute atomic E-state index is 0.0914. The zero-order valence-electron chi connectivity index (χ0n) is 11.1. The zero-order valence-corrected chi connectivity index (χ0v) is 11.1. The van der Waals surface area contributed by atoms with Crippen molar-refractivity contribution in [2.45, 2.75) is 45.8 Å². The Balaban J connectivity index is 4.03. The molecule has 0 spiro atoms.